The molecule has 0 unspecified atom stereocenters. The van der Waals surface area contributed by atoms with Crippen molar-refractivity contribution >= 4 is 17.6 Å². The Morgan fingerprint density at radius 1 is 1.12 bits per heavy atom. The van der Waals surface area contributed by atoms with Gasteiger partial charge in [0.1, 0.15) is 0 Å². The molecular weight excluding hydrogens is 226 g/mol. The number of carboxylic acid groups (broad SMARTS) is 1. The van der Waals surface area contributed by atoms with Gasteiger partial charge in [-0.1, -0.05) is 35.9 Å². The zero-order valence-corrected chi connectivity index (χ0v) is 8.98. The van der Waals surface area contributed by atoms with Gasteiger partial charge in [0.05, 0.1) is 0 Å². The van der Waals surface area contributed by atoms with Crippen molar-refractivity contribution in [2.24, 2.45) is 0 Å². The van der Waals surface area contributed by atoms with Gasteiger partial charge in [0.2, 0.25) is 0 Å². The van der Waals surface area contributed by atoms with Gasteiger partial charge in [-0.2, -0.15) is 0 Å². The highest BCUT2D eigenvalue weighted by atomic mass is 35.5. The third kappa shape index (κ3) is 1.90. The van der Waals surface area contributed by atoms with Crippen molar-refractivity contribution in [3.05, 3.63) is 53.3 Å². The minimum atomic E-state index is -1.06. The average Bonchev–Trinajstić information content (AvgIpc) is 2.29. The molecule has 4 heteroatoms. The highest BCUT2D eigenvalue weighted by molar-refractivity contribution is 6.33. The number of rotatable bonds is 2. The molecule has 0 aliphatic rings. The van der Waals surface area contributed by atoms with Crippen molar-refractivity contribution in [3.63, 3.8) is 0 Å². The molecule has 1 aromatic carbocycles. The molecule has 0 aliphatic carbocycles. The minimum absolute atomic E-state index is 0.00981. The van der Waals surface area contributed by atoms with Crippen molar-refractivity contribution in [1.82, 2.24) is 4.98 Å². The monoisotopic (exact) mass is 233 g/mol. The summed E-state index contributed by atoms with van der Waals surface area (Å²) in [5, 5.41) is 9.52. The van der Waals surface area contributed by atoms with Crippen molar-refractivity contribution in [2.45, 2.75) is 0 Å². The second-order valence-corrected chi connectivity index (χ2v) is 3.59. The third-order valence-electron chi connectivity index (χ3n) is 2.17. The standard InChI is InChI=1S/C12H8ClNO2/c13-10-6-2-1-4-8(10)9-5-3-7-14-11(9)12(15)16/h1-7H,(H,15,16). The van der Waals surface area contributed by atoms with Gasteiger partial charge in [0, 0.05) is 22.3 Å². The van der Waals surface area contributed by atoms with Gasteiger partial charge in [0.25, 0.3) is 0 Å². The molecule has 0 spiro atoms. The highest BCUT2D eigenvalue weighted by Crippen LogP contribution is 2.29. The Morgan fingerprint density at radius 3 is 2.50 bits per heavy atom. The molecule has 1 aromatic heterocycles. The van der Waals surface area contributed by atoms with E-state index < -0.39 is 5.97 Å². The molecule has 0 atom stereocenters. The molecular formula is C12H8ClNO2. The summed E-state index contributed by atoms with van der Waals surface area (Å²) < 4.78 is 0. The molecule has 0 saturated heterocycles. The zero-order chi connectivity index (χ0) is 11.5. The first-order valence-electron chi connectivity index (χ1n) is 4.63. The van der Waals surface area contributed by atoms with Gasteiger partial charge in [-0.25, -0.2) is 9.78 Å². The molecule has 0 saturated carbocycles. The molecule has 2 aromatic rings. The molecule has 16 heavy (non-hydrogen) atoms. The predicted octanol–water partition coefficient (Wildman–Crippen LogP) is 3.10. The summed E-state index contributed by atoms with van der Waals surface area (Å²) in [5.74, 6) is -1.06. The van der Waals surface area contributed by atoms with Gasteiger partial charge in [0.15, 0.2) is 5.69 Å². The lowest BCUT2D eigenvalue weighted by molar-refractivity contribution is 0.0691. The van der Waals surface area contributed by atoms with E-state index in [0.29, 0.717) is 16.1 Å². The Kier molecular flexibility index (Phi) is 2.88. The number of hydrogen-bond donors (Lipinski definition) is 1. The highest BCUT2D eigenvalue weighted by Gasteiger charge is 2.14. The quantitative estimate of drug-likeness (QED) is 0.867. The van der Waals surface area contributed by atoms with Crippen molar-refractivity contribution < 1.29 is 9.90 Å². The maximum atomic E-state index is 11.0. The van der Waals surface area contributed by atoms with Crippen LogP contribution in [0.2, 0.25) is 5.02 Å². The van der Waals surface area contributed by atoms with Gasteiger partial charge in [-0.3, -0.25) is 0 Å². The van der Waals surface area contributed by atoms with Crippen LogP contribution in [0.4, 0.5) is 0 Å². The van der Waals surface area contributed by atoms with Crippen molar-refractivity contribution in [2.75, 3.05) is 0 Å². The van der Waals surface area contributed by atoms with Gasteiger partial charge >= 0.3 is 5.97 Å². The number of aromatic carboxylic acids is 1. The Labute approximate surface area is 97.3 Å². The SMILES string of the molecule is O=C(O)c1ncccc1-c1ccccc1Cl. The maximum Gasteiger partial charge on any atom is 0.355 e. The summed E-state index contributed by atoms with van der Waals surface area (Å²) >= 11 is 6.01. The van der Waals surface area contributed by atoms with E-state index in [-0.39, 0.29) is 5.69 Å². The summed E-state index contributed by atoms with van der Waals surface area (Å²) in [5.41, 5.74) is 1.21. The fourth-order valence-corrected chi connectivity index (χ4v) is 1.71. The lowest BCUT2D eigenvalue weighted by atomic mass is 10.0. The number of benzene rings is 1. The van der Waals surface area contributed by atoms with Crippen LogP contribution in [0.25, 0.3) is 11.1 Å². The Hall–Kier alpha value is -1.87. The van der Waals surface area contributed by atoms with E-state index in [2.05, 4.69) is 4.98 Å². The second-order valence-electron chi connectivity index (χ2n) is 3.18. The summed E-state index contributed by atoms with van der Waals surface area (Å²) in [6.45, 7) is 0. The van der Waals surface area contributed by atoms with Crippen LogP contribution >= 0.6 is 11.6 Å². The average molecular weight is 234 g/mol. The number of pyridine rings is 1. The number of carboxylic acids is 1. The molecule has 2 rings (SSSR count). The summed E-state index contributed by atoms with van der Waals surface area (Å²) in [4.78, 5) is 14.8. The fourth-order valence-electron chi connectivity index (χ4n) is 1.47. The summed E-state index contributed by atoms with van der Waals surface area (Å²) in [7, 11) is 0. The molecule has 1 N–H and O–H groups in total. The van der Waals surface area contributed by atoms with Crippen LogP contribution in [0.1, 0.15) is 10.5 Å². The third-order valence-corrected chi connectivity index (χ3v) is 2.50. The molecule has 0 amide bonds. The number of nitrogens with zero attached hydrogens (tertiary/aromatic N) is 1. The number of hydrogen-bond acceptors (Lipinski definition) is 2. The Bertz CT molecular complexity index is 540. The van der Waals surface area contributed by atoms with E-state index in [0.717, 1.165) is 0 Å². The fraction of sp³-hybridized carbons (Fsp3) is 0. The molecule has 0 aliphatic heterocycles. The van der Waals surface area contributed by atoms with E-state index in [4.69, 9.17) is 16.7 Å². The molecule has 0 fully saturated rings. The Balaban J connectivity index is 2.65. The maximum absolute atomic E-state index is 11.0. The summed E-state index contributed by atoms with van der Waals surface area (Å²) in [6.07, 6.45) is 1.45. The van der Waals surface area contributed by atoms with Crippen LogP contribution in [0.3, 0.4) is 0 Å². The van der Waals surface area contributed by atoms with Crippen molar-refractivity contribution in [1.29, 1.82) is 0 Å². The van der Waals surface area contributed by atoms with Crippen LogP contribution in [-0.4, -0.2) is 16.1 Å². The predicted molar refractivity (Wildman–Crippen MR) is 61.6 cm³/mol. The molecule has 0 radical (unpaired) electrons. The largest absolute Gasteiger partial charge is 0.476 e. The minimum Gasteiger partial charge on any atom is -0.476 e. The van der Waals surface area contributed by atoms with Gasteiger partial charge < -0.3 is 5.11 Å². The van der Waals surface area contributed by atoms with E-state index >= 15 is 0 Å². The smallest absolute Gasteiger partial charge is 0.355 e. The zero-order valence-electron chi connectivity index (χ0n) is 8.22. The van der Waals surface area contributed by atoms with Gasteiger partial charge in [-0.15, -0.1) is 0 Å². The van der Waals surface area contributed by atoms with Crippen LogP contribution in [0, 0.1) is 0 Å². The first-order chi connectivity index (χ1) is 7.70. The Morgan fingerprint density at radius 2 is 1.81 bits per heavy atom. The molecule has 3 nitrogen and oxygen atoms in total. The topological polar surface area (TPSA) is 50.2 Å². The van der Waals surface area contributed by atoms with E-state index in [1.807, 2.05) is 0 Å². The number of carbonyl (C=O) groups is 1. The lowest BCUT2D eigenvalue weighted by Gasteiger charge is -2.06. The lowest BCUT2D eigenvalue weighted by Crippen LogP contribution is -2.02. The first kappa shape index (κ1) is 10.6. The molecule has 80 valence electrons. The second kappa shape index (κ2) is 4.33. The normalized spacial score (nSPS) is 10.1. The number of aromatic nitrogens is 1. The van der Waals surface area contributed by atoms with Crippen LogP contribution < -0.4 is 0 Å². The number of halogens is 1. The van der Waals surface area contributed by atoms with E-state index in [1.54, 1.807) is 36.4 Å². The van der Waals surface area contributed by atoms with E-state index in [1.165, 1.54) is 6.20 Å². The van der Waals surface area contributed by atoms with Gasteiger partial charge in [-0.05, 0) is 12.1 Å². The first-order valence-corrected chi connectivity index (χ1v) is 5.01. The van der Waals surface area contributed by atoms with Crippen molar-refractivity contribution in [3.8, 4) is 11.1 Å². The van der Waals surface area contributed by atoms with Crippen LogP contribution in [-0.2, 0) is 0 Å². The van der Waals surface area contributed by atoms with E-state index in [9.17, 15) is 4.79 Å². The molecule has 1 heterocycles. The van der Waals surface area contributed by atoms with Crippen LogP contribution in [0.5, 0.6) is 0 Å². The molecule has 0 bridgehead atoms. The van der Waals surface area contributed by atoms with Crippen LogP contribution in [0.15, 0.2) is 42.6 Å². The summed E-state index contributed by atoms with van der Waals surface area (Å²) in [6, 6.07) is 10.5.